The Morgan fingerprint density at radius 3 is 2.29 bits per heavy atom. The molecule has 0 radical (unpaired) electrons. The van der Waals surface area contributed by atoms with Gasteiger partial charge in [0.15, 0.2) is 0 Å². The first-order valence-corrected chi connectivity index (χ1v) is 9.30. The Labute approximate surface area is 127 Å². The maximum Gasteiger partial charge on any atom is 0.243 e. The van der Waals surface area contributed by atoms with Crippen molar-refractivity contribution in [1.82, 2.24) is 9.62 Å². The van der Waals surface area contributed by atoms with Crippen LogP contribution in [0.1, 0.15) is 31.2 Å². The van der Waals surface area contributed by atoms with Crippen LogP contribution in [0.5, 0.6) is 0 Å². The van der Waals surface area contributed by atoms with E-state index in [1.54, 1.807) is 16.4 Å². The Morgan fingerprint density at radius 2 is 1.71 bits per heavy atom. The summed E-state index contributed by atoms with van der Waals surface area (Å²) in [5.74, 6) is 0.570. The van der Waals surface area contributed by atoms with Crippen LogP contribution in [-0.2, 0) is 10.0 Å². The molecule has 1 heterocycles. The smallest absolute Gasteiger partial charge is 0.243 e. The summed E-state index contributed by atoms with van der Waals surface area (Å²) in [6, 6.07) is 7.39. The average molecular weight is 308 g/mol. The first kappa shape index (κ1) is 15.0. The first-order chi connectivity index (χ1) is 10.1. The van der Waals surface area contributed by atoms with E-state index in [2.05, 4.69) is 5.32 Å². The number of nitrogens with one attached hydrogen (secondary N) is 1. The van der Waals surface area contributed by atoms with Crippen molar-refractivity contribution in [2.45, 2.75) is 43.5 Å². The third-order valence-electron chi connectivity index (χ3n) is 4.48. The van der Waals surface area contributed by atoms with Crippen molar-refractivity contribution in [1.29, 1.82) is 0 Å². The molecule has 1 N–H and O–H groups in total. The van der Waals surface area contributed by atoms with Gasteiger partial charge in [-0.1, -0.05) is 17.7 Å². The molecule has 1 aromatic rings. The molecule has 1 aromatic carbocycles. The van der Waals surface area contributed by atoms with Gasteiger partial charge in [0.25, 0.3) is 0 Å². The Bertz CT molecular complexity index is 573. The lowest BCUT2D eigenvalue weighted by molar-refractivity contribution is 0.255. The van der Waals surface area contributed by atoms with Gasteiger partial charge in [-0.3, -0.25) is 0 Å². The van der Waals surface area contributed by atoms with E-state index in [4.69, 9.17) is 0 Å². The highest BCUT2D eigenvalue weighted by Gasteiger charge is 2.36. The highest BCUT2D eigenvalue weighted by Crippen LogP contribution is 2.33. The van der Waals surface area contributed by atoms with Gasteiger partial charge >= 0.3 is 0 Å². The van der Waals surface area contributed by atoms with Crippen molar-refractivity contribution in [3.8, 4) is 0 Å². The summed E-state index contributed by atoms with van der Waals surface area (Å²) in [5, 5.41) is 3.32. The molecule has 116 valence electrons. The third kappa shape index (κ3) is 3.47. The largest absolute Gasteiger partial charge is 0.317 e. The molecule has 21 heavy (non-hydrogen) atoms. The molecule has 0 amide bonds. The van der Waals surface area contributed by atoms with Gasteiger partial charge in [0.05, 0.1) is 4.90 Å². The summed E-state index contributed by atoms with van der Waals surface area (Å²) in [6.45, 7) is 4.50. The van der Waals surface area contributed by atoms with Crippen molar-refractivity contribution in [3.63, 3.8) is 0 Å². The fourth-order valence-corrected chi connectivity index (χ4v) is 4.70. The summed E-state index contributed by atoms with van der Waals surface area (Å²) in [6.07, 6.45) is 4.17. The molecule has 1 saturated heterocycles. The molecule has 0 unspecified atom stereocenters. The zero-order valence-electron chi connectivity index (χ0n) is 12.6. The fraction of sp³-hybridized carbons (Fsp3) is 0.625. The lowest BCUT2D eigenvalue weighted by Crippen LogP contribution is -2.46. The lowest BCUT2D eigenvalue weighted by atomic mass is 10.1. The van der Waals surface area contributed by atoms with E-state index < -0.39 is 10.0 Å². The second kappa shape index (κ2) is 6.07. The van der Waals surface area contributed by atoms with Crippen molar-refractivity contribution in [2.75, 3.05) is 19.6 Å². The highest BCUT2D eigenvalue weighted by atomic mass is 32.2. The maximum atomic E-state index is 13.0. The predicted molar refractivity (Wildman–Crippen MR) is 83.7 cm³/mol. The van der Waals surface area contributed by atoms with Gasteiger partial charge in [-0.2, -0.15) is 4.31 Å². The van der Waals surface area contributed by atoms with Crippen LogP contribution in [0.15, 0.2) is 29.2 Å². The number of aryl methyl sites for hydroxylation is 1. The minimum atomic E-state index is -3.37. The van der Waals surface area contributed by atoms with Gasteiger partial charge in [-0.25, -0.2) is 8.42 Å². The van der Waals surface area contributed by atoms with E-state index in [0.29, 0.717) is 17.4 Å². The van der Waals surface area contributed by atoms with Gasteiger partial charge in [0.1, 0.15) is 0 Å². The van der Waals surface area contributed by atoms with Crippen LogP contribution in [0, 0.1) is 12.8 Å². The Hall–Kier alpha value is -0.910. The van der Waals surface area contributed by atoms with Crippen LogP contribution in [0.25, 0.3) is 0 Å². The molecule has 3 rings (SSSR count). The van der Waals surface area contributed by atoms with Crippen LogP contribution in [0.3, 0.4) is 0 Å². The lowest BCUT2D eigenvalue weighted by Gasteiger charge is -2.34. The second-order valence-electron chi connectivity index (χ2n) is 6.31. The molecular formula is C16H24N2O2S. The van der Waals surface area contributed by atoms with Crippen molar-refractivity contribution < 1.29 is 8.42 Å². The number of piperidine rings is 1. The summed E-state index contributed by atoms with van der Waals surface area (Å²) >= 11 is 0. The van der Waals surface area contributed by atoms with Gasteiger partial charge < -0.3 is 5.32 Å². The summed E-state index contributed by atoms with van der Waals surface area (Å²) in [4.78, 5) is 0.437. The zero-order valence-corrected chi connectivity index (χ0v) is 13.4. The van der Waals surface area contributed by atoms with Gasteiger partial charge in [0.2, 0.25) is 10.0 Å². The standard InChI is InChI=1S/C16H24N2O2S/c1-13-2-6-16(7-3-13)21(19,20)18(12-14-4-5-14)15-8-10-17-11-9-15/h2-3,6-7,14-15,17H,4-5,8-12H2,1H3. The third-order valence-corrected chi connectivity index (χ3v) is 6.41. The quantitative estimate of drug-likeness (QED) is 0.907. The Kier molecular flexibility index (Phi) is 4.33. The molecule has 2 aliphatic rings. The number of hydrogen-bond acceptors (Lipinski definition) is 3. The van der Waals surface area contributed by atoms with Crippen LogP contribution in [-0.4, -0.2) is 38.4 Å². The molecule has 0 bridgehead atoms. The summed E-state index contributed by atoms with van der Waals surface area (Å²) < 4.78 is 27.8. The van der Waals surface area contributed by atoms with E-state index in [1.165, 1.54) is 12.8 Å². The van der Waals surface area contributed by atoms with Crippen molar-refractivity contribution >= 4 is 10.0 Å². The zero-order chi connectivity index (χ0) is 14.9. The molecule has 1 saturated carbocycles. The number of hydrogen-bond donors (Lipinski definition) is 1. The Balaban J connectivity index is 1.87. The molecule has 2 fully saturated rings. The molecule has 0 spiro atoms. The van der Waals surface area contributed by atoms with Gasteiger partial charge in [-0.15, -0.1) is 0 Å². The van der Waals surface area contributed by atoms with Crippen molar-refractivity contribution in [2.24, 2.45) is 5.92 Å². The van der Waals surface area contributed by atoms with E-state index >= 15 is 0 Å². The summed E-state index contributed by atoms with van der Waals surface area (Å²) in [7, 11) is -3.37. The maximum absolute atomic E-state index is 13.0. The molecule has 1 aliphatic heterocycles. The molecule has 4 nitrogen and oxygen atoms in total. The highest BCUT2D eigenvalue weighted by molar-refractivity contribution is 7.89. The topological polar surface area (TPSA) is 49.4 Å². The molecule has 0 aromatic heterocycles. The Morgan fingerprint density at radius 1 is 1.10 bits per heavy atom. The normalized spacial score (nSPS) is 20.9. The number of sulfonamides is 1. The number of rotatable bonds is 5. The van der Waals surface area contributed by atoms with E-state index in [-0.39, 0.29) is 6.04 Å². The van der Waals surface area contributed by atoms with E-state index in [1.807, 2.05) is 19.1 Å². The predicted octanol–water partition coefficient (Wildman–Crippen LogP) is 2.15. The first-order valence-electron chi connectivity index (χ1n) is 7.86. The number of nitrogens with zero attached hydrogens (tertiary/aromatic N) is 1. The van der Waals surface area contributed by atoms with Crippen molar-refractivity contribution in [3.05, 3.63) is 29.8 Å². The molecule has 0 atom stereocenters. The molecular weight excluding hydrogens is 284 g/mol. The monoisotopic (exact) mass is 308 g/mol. The minimum absolute atomic E-state index is 0.151. The average Bonchev–Trinajstić information content (AvgIpc) is 3.30. The van der Waals surface area contributed by atoms with Gasteiger partial charge in [-0.05, 0) is 63.7 Å². The molecule has 1 aliphatic carbocycles. The van der Waals surface area contributed by atoms with Crippen LogP contribution < -0.4 is 5.32 Å². The van der Waals surface area contributed by atoms with Gasteiger partial charge in [0, 0.05) is 12.6 Å². The SMILES string of the molecule is Cc1ccc(S(=O)(=O)N(CC2CC2)C2CCNCC2)cc1. The van der Waals surface area contributed by atoms with Crippen LogP contribution in [0.2, 0.25) is 0 Å². The fourth-order valence-electron chi connectivity index (χ4n) is 2.94. The number of benzene rings is 1. The van der Waals surface area contributed by atoms with E-state index in [9.17, 15) is 8.42 Å². The van der Waals surface area contributed by atoms with E-state index in [0.717, 1.165) is 31.5 Å². The second-order valence-corrected chi connectivity index (χ2v) is 8.20. The molecule has 5 heteroatoms. The van der Waals surface area contributed by atoms with Crippen LogP contribution >= 0.6 is 0 Å². The van der Waals surface area contributed by atoms with Crippen LogP contribution in [0.4, 0.5) is 0 Å². The minimum Gasteiger partial charge on any atom is -0.317 e. The summed E-state index contributed by atoms with van der Waals surface area (Å²) in [5.41, 5.74) is 1.09.